The number of aromatic nitrogens is 2. The minimum absolute atomic E-state index is 0.189. The highest BCUT2D eigenvalue weighted by Gasteiger charge is 2.30. The van der Waals surface area contributed by atoms with Crippen molar-refractivity contribution in [3.63, 3.8) is 0 Å². The highest BCUT2D eigenvalue weighted by Crippen LogP contribution is 2.47. The van der Waals surface area contributed by atoms with E-state index in [1.165, 1.54) is 10.4 Å². The molecule has 0 aliphatic heterocycles. The fourth-order valence-electron chi connectivity index (χ4n) is 3.85. The first-order chi connectivity index (χ1) is 11.3. The van der Waals surface area contributed by atoms with Gasteiger partial charge in [-0.2, -0.15) is 0 Å². The van der Waals surface area contributed by atoms with Crippen LogP contribution in [0.3, 0.4) is 0 Å². The number of nitrogens with zero attached hydrogens (tertiary/aromatic N) is 2. The van der Waals surface area contributed by atoms with Crippen LogP contribution in [0.1, 0.15) is 54.9 Å². The van der Waals surface area contributed by atoms with Gasteiger partial charge in [-0.05, 0) is 50.0 Å². The van der Waals surface area contributed by atoms with Crippen LogP contribution in [-0.4, -0.2) is 28.4 Å². The molecule has 122 valence electrons. The minimum atomic E-state index is 0.189. The van der Waals surface area contributed by atoms with E-state index in [0.717, 1.165) is 55.0 Å². The van der Waals surface area contributed by atoms with E-state index in [2.05, 4.69) is 9.97 Å². The van der Waals surface area contributed by atoms with Gasteiger partial charge in [0.2, 0.25) is 5.88 Å². The number of ether oxygens (including phenoxy) is 1. The Morgan fingerprint density at radius 2 is 2.09 bits per heavy atom. The normalized spacial score (nSPS) is 27.1. The Morgan fingerprint density at radius 1 is 1.26 bits per heavy atom. The van der Waals surface area contributed by atoms with Crippen molar-refractivity contribution in [2.45, 2.75) is 63.0 Å². The van der Waals surface area contributed by atoms with Gasteiger partial charge in [-0.25, -0.2) is 9.97 Å². The molecule has 23 heavy (non-hydrogen) atoms. The summed E-state index contributed by atoms with van der Waals surface area (Å²) in [5.41, 5.74) is 7.24. The third-order valence-electron chi connectivity index (χ3n) is 5.07. The molecule has 2 aromatic heterocycles. The molecule has 0 unspecified atom stereocenters. The third-order valence-corrected chi connectivity index (χ3v) is 6.25. The molecule has 0 aromatic carbocycles. The standard InChI is InChI=1S/C17H21N3O2S/c18-11-2-4-12(5-3-11)22-16-15-14-10(7-8-21)1-6-13(14)23-17(15)20-9-19-16/h8-12H,1-7,18H2/t10-,11-,12-/m1/s1. The van der Waals surface area contributed by atoms with Crippen molar-refractivity contribution in [2.75, 3.05) is 0 Å². The molecular weight excluding hydrogens is 310 g/mol. The van der Waals surface area contributed by atoms with Gasteiger partial charge in [0.1, 0.15) is 23.5 Å². The highest BCUT2D eigenvalue weighted by atomic mass is 32.1. The molecular formula is C17H21N3O2S. The Hall–Kier alpha value is -1.53. The van der Waals surface area contributed by atoms with E-state index in [4.69, 9.17) is 10.5 Å². The van der Waals surface area contributed by atoms with Crippen LogP contribution < -0.4 is 10.5 Å². The number of hydrogen-bond acceptors (Lipinski definition) is 6. The van der Waals surface area contributed by atoms with E-state index < -0.39 is 0 Å². The van der Waals surface area contributed by atoms with Gasteiger partial charge in [0, 0.05) is 17.3 Å². The Morgan fingerprint density at radius 3 is 2.87 bits per heavy atom. The van der Waals surface area contributed by atoms with Gasteiger partial charge >= 0.3 is 0 Å². The summed E-state index contributed by atoms with van der Waals surface area (Å²) < 4.78 is 6.24. The zero-order chi connectivity index (χ0) is 15.8. The molecule has 4 rings (SSSR count). The molecule has 2 aliphatic carbocycles. The lowest BCUT2D eigenvalue weighted by molar-refractivity contribution is -0.108. The SMILES string of the molecule is N[C@H]1CC[C@H](Oc2ncnc3sc4c(c23)[C@@H](CC=O)CC4)CC1. The number of thiophene rings is 1. The number of aryl methyl sites for hydroxylation is 1. The van der Waals surface area contributed by atoms with Crippen LogP contribution in [-0.2, 0) is 11.2 Å². The highest BCUT2D eigenvalue weighted by molar-refractivity contribution is 7.19. The second kappa shape index (κ2) is 6.17. The van der Waals surface area contributed by atoms with E-state index in [-0.39, 0.29) is 6.10 Å². The number of hydrogen-bond donors (Lipinski definition) is 1. The maximum Gasteiger partial charge on any atom is 0.225 e. The smallest absolute Gasteiger partial charge is 0.225 e. The number of carbonyl (C=O) groups excluding carboxylic acids is 1. The fraction of sp³-hybridized carbons (Fsp3) is 0.588. The summed E-state index contributed by atoms with van der Waals surface area (Å²) in [5.74, 6) is 0.996. The van der Waals surface area contributed by atoms with Crippen LogP contribution in [0.2, 0.25) is 0 Å². The molecule has 0 saturated heterocycles. The Kier molecular flexibility index (Phi) is 4.03. The van der Waals surface area contributed by atoms with Gasteiger partial charge in [0.05, 0.1) is 5.39 Å². The van der Waals surface area contributed by atoms with E-state index >= 15 is 0 Å². The van der Waals surface area contributed by atoms with Crippen molar-refractivity contribution in [1.82, 2.24) is 9.97 Å². The van der Waals surface area contributed by atoms with Crippen molar-refractivity contribution < 1.29 is 9.53 Å². The van der Waals surface area contributed by atoms with Gasteiger partial charge in [-0.3, -0.25) is 0 Å². The quantitative estimate of drug-likeness (QED) is 0.872. The number of nitrogens with two attached hydrogens (primary N) is 1. The Balaban J connectivity index is 1.68. The summed E-state index contributed by atoms with van der Waals surface area (Å²) in [7, 11) is 0. The van der Waals surface area contributed by atoms with Crippen LogP contribution in [0, 0.1) is 0 Å². The average molecular weight is 331 g/mol. The summed E-state index contributed by atoms with van der Waals surface area (Å²) in [4.78, 5) is 22.2. The molecule has 0 amide bonds. The van der Waals surface area contributed by atoms with Crippen LogP contribution in [0.5, 0.6) is 5.88 Å². The van der Waals surface area contributed by atoms with Crippen molar-refractivity contribution in [2.24, 2.45) is 5.73 Å². The molecule has 6 heteroatoms. The summed E-state index contributed by atoms with van der Waals surface area (Å²) in [5, 5.41) is 1.05. The number of fused-ring (bicyclic) bond motifs is 3. The summed E-state index contributed by atoms with van der Waals surface area (Å²) >= 11 is 1.73. The topological polar surface area (TPSA) is 78.1 Å². The molecule has 2 heterocycles. The predicted octanol–water partition coefficient (Wildman–Crippen LogP) is 2.96. The summed E-state index contributed by atoms with van der Waals surface area (Å²) in [6.07, 6.45) is 9.44. The molecule has 2 N–H and O–H groups in total. The van der Waals surface area contributed by atoms with Crippen molar-refractivity contribution in [3.8, 4) is 5.88 Å². The number of rotatable bonds is 4. The Bertz CT molecular complexity index is 722. The first-order valence-electron chi connectivity index (χ1n) is 8.38. The van der Waals surface area contributed by atoms with Crippen LogP contribution in [0.25, 0.3) is 10.2 Å². The van der Waals surface area contributed by atoms with Crippen LogP contribution >= 0.6 is 11.3 Å². The lowest BCUT2D eigenvalue weighted by atomic mass is 9.93. The lowest BCUT2D eigenvalue weighted by Gasteiger charge is -2.26. The Labute approximate surface area is 139 Å². The molecule has 0 radical (unpaired) electrons. The maximum atomic E-state index is 11.0. The van der Waals surface area contributed by atoms with E-state index in [9.17, 15) is 4.79 Å². The number of aldehydes is 1. The summed E-state index contributed by atoms with van der Waals surface area (Å²) in [6, 6.07) is 0.308. The minimum Gasteiger partial charge on any atom is -0.474 e. The van der Waals surface area contributed by atoms with E-state index in [1.807, 2.05) is 0 Å². The van der Waals surface area contributed by atoms with Gasteiger partial charge < -0.3 is 15.3 Å². The third kappa shape index (κ3) is 2.74. The number of carbonyl (C=O) groups is 1. The van der Waals surface area contributed by atoms with E-state index in [1.54, 1.807) is 17.7 Å². The maximum absolute atomic E-state index is 11.0. The lowest BCUT2D eigenvalue weighted by Crippen LogP contribution is -2.31. The first-order valence-corrected chi connectivity index (χ1v) is 9.20. The molecule has 1 saturated carbocycles. The van der Waals surface area contributed by atoms with Crippen LogP contribution in [0.15, 0.2) is 6.33 Å². The average Bonchev–Trinajstić information content (AvgIpc) is 3.10. The van der Waals surface area contributed by atoms with Crippen LogP contribution in [0.4, 0.5) is 0 Å². The van der Waals surface area contributed by atoms with Crippen molar-refractivity contribution in [1.29, 1.82) is 0 Å². The second-order valence-electron chi connectivity index (χ2n) is 6.59. The van der Waals surface area contributed by atoms with E-state index in [0.29, 0.717) is 24.3 Å². The molecule has 2 aromatic rings. The monoisotopic (exact) mass is 331 g/mol. The molecule has 2 aliphatic rings. The predicted molar refractivity (Wildman–Crippen MR) is 90.0 cm³/mol. The van der Waals surface area contributed by atoms with Crippen molar-refractivity contribution in [3.05, 3.63) is 16.8 Å². The van der Waals surface area contributed by atoms with Gasteiger partial charge in [0.25, 0.3) is 0 Å². The van der Waals surface area contributed by atoms with Gasteiger partial charge in [0.15, 0.2) is 0 Å². The molecule has 5 nitrogen and oxygen atoms in total. The molecule has 1 fully saturated rings. The molecule has 1 atom stereocenters. The van der Waals surface area contributed by atoms with Gasteiger partial charge in [-0.15, -0.1) is 11.3 Å². The van der Waals surface area contributed by atoms with Gasteiger partial charge in [-0.1, -0.05) is 0 Å². The molecule has 0 bridgehead atoms. The van der Waals surface area contributed by atoms with Crippen molar-refractivity contribution >= 4 is 27.8 Å². The zero-order valence-electron chi connectivity index (χ0n) is 13.0. The summed E-state index contributed by atoms with van der Waals surface area (Å²) in [6.45, 7) is 0. The fourth-order valence-corrected chi connectivity index (χ4v) is 5.08. The zero-order valence-corrected chi connectivity index (χ0v) is 13.8. The first kappa shape index (κ1) is 15.0. The second-order valence-corrected chi connectivity index (χ2v) is 7.67. The largest absolute Gasteiger partial charge is 0.474 e. The molecule has 0 spiro atoms.